The molecule has 110 valence electrons. The molecule has 0 atom stereocenters. The number of ketones is 1. The van der Waals surface area contributed by atoms with Gasteiger partial charge in [-0.05, 0) is 31.0 Å². The van der Waals surface area contributed by atoms with E-state index in [0.29, 0.717) is 23.6 Å². The van der Waals surface area contributed by atoms with Crippen LogP contribution in [0.4, 0.5) is 0 Å². The van der Waals surface area contributed by atoms with Gasteiger partial charge in [0.05, 0.1) is 14.2 Å². The lowest BCUT2D eigenvalue weighted by molar-refractivity contribution is 0.0729. The number of hydrogen-bond acceptors (Lipinski definition) is 4. The Balaban J connectivity index is 2.32. The van der Waals surface area contributed by atoms with Crippen LogP contribution in [0, 0.1) is 5.41 Å². The first-order chi connectivity index (χ1) is 9.66. The molecule has 1 aliphatic rings. The fourth-order valence-electron chi connectivity index (χ4n) is 3.04. The molecule has 4 nitrogen and oxygen atoms in total. The van der Waals surface area contributed by atoms with E-state index in [1.165, 1.54) is 6.42 Å². The van der Waals surface area contributed by atoms with Crippen LogP contribution in [0.1, 0.15) is 42.5 Å². The standard InChI is InChI=1S/C16H23NO3/c1-19-13-7-6-12(10-14(13)20-2)15(18)16(11-17)8-4-3-5-9-16/h6-7,10H,3-5,8-9,11,17H2,1-2H3. The summed E-state index contributed by atoms with van der Waals surface area (Å²) in [5.41, 5.74) is 6.20. The molecule has 0 heterocycles. The van der Waals surface area contributed by atoms with Gasteiger partial charge in [0.1, 0.15) is 0 Å². The van der Waals surface area contributed by atoms with E-state index >= 15 is 0 Å². The smallest absolute Gasteiger partial charge is 0.170 e. The molecular formula is C16H23NO3. The maximum absolute atomic E-state index is 12.8. The highest BCUT2D eigenvalue weighted by molar-refractivity contribution is 6.01. The number of hydrogen-bond donors (Lipinski definition) is 1. The lowest BCUT2D eigenvalue weighted by Crippen LogP contribution is -2.40. The van der Waals surface area contributed by atoms with E-state index in [9.17, 15) is 4.79 Å². The van der Waals surface area contributed by atoms with Gasteiger partial charge in [-0.2, -0.15) is 0 Å². The van der Waals surface area contributed by atoms with Crippen molar-refractivity contribution in [2.75, 3.05) is 20.8 Å². The Labute approximate surface area is 120 Å². The summed E-state index contributed by atoms with van der Waals surface area (Å²) in [5, 5.41) is 0. The zero-order chi connectivity index (χ0) is 14.6. The summed E-state index contributed by atoms with van der Waals surface area (Å²) in [6.07, 6.45) is 5.13. The van der Waals surface area contributed by atoms with Crippen LogP contribution < -0.4 is 15.2 Å². The van der Waals surface area contributed by atoms with Gasteiger partial charge in [-0.15, -0.1) is 0 Å². The van der Waals surface area contributed by atoms with Gasteiger partial charge in [0.15, 0.2) is 17.3 Å². The van der Waals surface area contributed by atoms with Crippen molar-refractivity contribution in [3.63, 3.8) is 0 Å². The Bertz CT molecular complexity index is 479. The molecule has 0 aromatic heterocycles. The normalized spacial score (nSPS) is 17.6. The van der Waals surface area contributed by atoms with Gasteiger partial charge in [0.2, 0.25) is 0 Å². The van der Waals surface area contributed by atoms with Gasteiger partial charge >= 0.3 is 0 Å². The molecule has 4 heteroatoms. The van der Waals surface area contributed by atoms with Crippen molar-refractivity contribution >= 4 is 5.78 Å². The van der Waals surface area contributed by atoms with E-state index in [0.717, 1.165) is 25.7 Å². The molecule has 0 saturated heterocycles. The lowest BCUT2D eigenvalue weighted by atomic mass is 9.69. The number of methoxy groups -OCH3 is 2. The summed E-state index contributed by atoms with van der Waals surface area (Å²) in [6.45, 7) is 0.417. The minimum atomic E-state index is -0.391. The molecule has 1 aromatic carbocycles. The molecule has 0 spiro atoms. The maximum atomic E-state index is 12.8. The second-order valence-electron chi connectivity index (χ2n) is 5.44. The van der Waals surface area contributed by atoms with Crippen molar-refractivity contribution in [3.05, 3.63) is 23.8 Å². The third-order valence-corrected chi connectivity index (χ3v) is 4.33. The first-order valence-corrected chi connectivity index (χ1v) is 7.14. The van der Waals surface area contributed by atoms with E-state index in [2.05, 4.69) is 0 Å². The number of ether oxygens (including phenoxy) is 2. The fraction of sp³-hybridized carbons (Fsp3) is 0.562. The van der Waals surface area contributed by atoms with E-state index in [-0.39, 0.29) is 5.78 Å². The number of carbonyl (C=O) groups is 1. The molecule has 2 rings (SSSR count). The number of carbonyl (C=O) groups excluding carboxylic acids is 1. The summed E-state index contributed by atoms with van der Waals surface area (Å²) in [5.74, 6) is 1.36. The highest BCUT2D eigenvalue weighted by Crippen LogP contribution is 2.39. The monoisotopic (exact) mass is 277 g/mol. The van der Waals surface area contributed by atoms with Crippen LogP contribution in [0.3, 0.4) is 0 Å². The third-order valence-electron chi connectivity index (χ3n) is 4.33. The van der Waals surface area contributed by atoms with Crippen LogP contribution in [0.15, 0.2) is 18.2 Å². The predicted molar refractivity (Wildman–Crippen MR) is 78.4 cm³/mol. The highest BCUT2D eigenvalue weighted by atomic mass is 16.5. The van der Waals surface area contributed by atoms with Gasteiger partial charge in [-0.1, -0.05) is 19.3 Å². The molecule has 0 unspecified atom stereocenters. The Morgan fingerprint density at radius 2 is 1.80 bits per heavy atom. The Hall–Kier alpha value is -1.55. The van der Waals surface area contributed by atoms with E-state index in [1.54, 1.807) is 32.4 Å². The Morgan fingerprint density at radius 1 is 1.15 bits per heavy atom. The molecule has 1 fully saturated rings. The maximum Gasteiger partial charge on any atom is 0.170 e. The molecule has 1 aliphatic carbocycles. The summed E-state index contributed by atoms with van der Waals surface area (Å²) in [6, 6.07) is 5.34. The molecule has 0 radical (unpaired) electrons. The second kappa shape index (κ2) is 6.27. The van der Waals surface area contributed by atoms with Gasteiger partial charge in [-0.3, -0.25) is 4.79 Å². The van der Waals surface area contributed by atoms with Crippen LogP contribution in [-0.4, -0.2) is 26.5 Å². The van der Waals surface area contributed by atoms with E-state index < -0.39 is 5.41 Å². The quantitative estimate of drug-likeness (QED) is 0.841. The zero-order valence-corrected chi connectivity index (χ0v) is 12.3. The minimum absolute atomic E-state index is 0.139. The summed E-state index contributed by atoms with van der Waals surface area (Å²) in [4.78, 5) is 12.8. The van der Waals surface area contributed by atoms with Crippen molar-refractivity contribution in [1.29, 1.82) is 0 Å². The van der Waals surface area contributed by atoms with Crippen molar-refractivity contribution in [2.24, 2.45) is 11.1 Å². The number of benzene rings is 1. The molecule has 1 saturated carbocycles. The van der Waals surface area contributed by atoms with Crippen LogP contribution >= 0.6 is 0 Å². The van der Waals surface area contributed by atoms with Gasteiger partial charge in [0.25, 0.3) is 0 Å². The van der Waals surface area contributed by atoms with Crippen LogP contribution in [0.2, 0.25) is 0 Å². The second-order valence-corrected chi connectivity index (χ2v) is 5.44. The largest absolute Gasteiger partial charge is 0.493 e. The molecule has 0 bridgehead atoms. The lowest BCUT2D eigenvalue weighted by Gasteiger charge is -2.34. The fourth-order valence-corrected chi connectivity index (χ4v) is 3.04. The van der Waals surface area contributed by atoms with E-state index in [1.807, 2.05) is 0 Å². The minimum Gasteiger partial charge on any atom is -0.493 e. The Kier molecular flexibility index (Phi) is 4.65. The first-order valence-electron chi connectivity index (χ1n) is 7.14. The van der Waals surface area contributed by atoms with Crippen molar-refractivity contribution < 1.29 is 14.3 Å². The van der Waals surface area contributed by atoms with Crippen LogP contribution in [0.5, 0.6) is 11.5 Å². The molecule has 0 amide bonds. The van der Waals surface area contributed by atoms with Gasteiger partial charge < -0.3 is 15.2 Å². The van der Waals surface area contributed by atoms with Crippen molar-refractivity contribution in [1.82, 2.24) is 0 Å². The number of nitrogens with two attached hydrogens (primary N) is 1. The predicted octanol–water partition coefficient (Wildman–Crippen LogP) is 2.80. The SMILES string of the molecule is COc1ccc(C(=O)C2(CN)CCCCC2)cc1OC. The average molecular weight is 277 g/mol. The molecule has 1 aromatic rings. The Morgan fingerprint density at radius 3 is 2.35 bits per heavy atom. The number of rotatable bonds is 5. The summed E-state index contributed by atoms with van der Waals surface area (Å²) >= 11 is 0. The van der Waals surface area contributed by atoms with Gasteiger partial charge in [-0.25, -0.2) is 0 Å². The number of Topliss-reactive ketones (excluding diaryl/α,β-unsaturated/α-hetero) is 1. The third kappa shape index (κ3) is 2.66. The molecule has 20 heavy (non-hydrogen) atoms. The molecule has 0 aliphatic heterocycles. The molecular weight excluding hydrogens is 254 g/mol. The van der Waals surface area contributed by atoms with Crippen LogP contribution in [0.25, 0.3) is 0 Å². The van der Waals surface area contributed by atoms with Gasteiger partial charge in [0, 0.05) is 17.5 Å². The van der Waals surface area contributed by atoms with Crippen LogP contribution in [-0.2, 0) is 0 Å². The van der Waals surface area contributed by atoms with Crippen molar-refractivity contribution in [2.45, 2.75) is 32.1 Å². The zero-order valence-electron chi connectivity index (χ0n) is 12.3. The first kappa shape index (κ1) is 14.9. The average Bonchev–Trinajstić information content (AvgIpc) is 2.54. The highest BCUT2D eigenvalue weighted by Gasteiger charge is 2.38. The summed E-state index contributed by atoms with van der Waals surface area (Å²) < 4.78 is 10.5. The van der Waals surface area contributed by atoms with E-state index in [4.69, 9.17) is 15.2 Å². The summed E-state index contributed by atoms with van der Waals surface area (Å²) in [7, 11) is 3.16. The topological polar surface area (TPSA) is 61.5 Å². The molecule has 2 N–H and O–H groups in total. The van der Waals surface area contributed by atoms with Crippen molar-refractivity contribution in [3.8, 4) is 11.5 Å².